The predicted molar refractivity (Wildman–Crippen MR) is 73.3 cm³/mol. The van der Waals surface area contributed by atoms with Crippen LogP contribution < -0.4 is 10.6 Å². The van der Waals surface area contributed by atoms with Crippen molar-refractivity contribution in [2.45, 2.75) is 20.4 Å². The number of nitrogens with one attached hydrogen (secondary N) is 2. The molecule has 0 saturated heterocycles. The molecular formula is C13H20ClFN2O. The summed E-state index contributed by atoms with van der Waals surface area (Å²) in [5.41, 5.74) is 1.51. The fraction of sp³-hybridized carbons (Fsp3) is 0.462. The highest BCUT2D eigenvalue weighted by Crippen LogP contribution is 2.09. The first-order valence-corrected chi connectivity index (χ1v) is 5.72. The molecule has 1 aromatic rings. The van der Waals surface area contributed by atoms with Gasteiger partial charge in [0.05, 0.1) is 0 Å². The normalized spacial score (nSPS) is 11.6. The minimum absolute atomic E-state index is 0. The van der Waals surface area contributed by atoms with Gasteiger partial charge in [0.1, 0.15) is 5.82 Å². The molecule has 3 nitrogen and oxygen atoms in total. The van der Waals surface area contributed by atoms with Crippen molar-refractivity contribution in [3.05, 3.63) is 35.1 Å². The van der Waals surface area contributed by atoms with Crippen LogP contribution in [0, 0.1) is 18.7 Å². The first kappa shape index (κ1) is 16.9. The van der Waals surface area contributed by atoms with E-state index in [0.29, 0.717) is 18.7 Å². The zero-order valence-electron chi connectivity index (χ0n) is 10.9. The largest absolute Gasteiger partial charge is 0.352 e. The van der Waals surface area contributed by atoms with Gasteiger partial charge in [-0.15, -0.1) is 12.4 Å². The van der Waals surface area contributed by atoms with Crippen LogP contribution in [0.1, 0.15) is 18.1 Å². The summed E-state index contributed by atoms with van der Waals surface area (Å²) in [5.74, 6) is -0.286. The van der Waals surface area contributed by atoms with E-state index in [-0.39, 0.29) is 30.0 Å². The molecule has 0 aromatic heterocycles. The molecule has 0 radical (unpaired) electrons. The number of hydrogen-bond acceptors (Lipinski definition) is 2. The van der Waals surface area contributed by atoms with Crippen LogP contribution in [0.4, 0.5) is 4.39 Å². The maximum Gasteiger partial charge on any atom is 0.224 e. The van der Waals surface area contributed by atoms with Gasteiger partial charge in [0, 0.05) is 19.0 Å². The predicted octanol–water partition coefficient (Wildman–Crippen LogP) is 2.03. The van der Waals surface area contributed by atoms with E-state index in [2.05, 4.69) is 10.6 Å². The molecule has 1 amide bonds. The SMILES string of the molecule is CNCC(C)C(=O)NCc1ccc(F)c(C)c1.Cl. The number of carbonyl (C=O) groups excluding carboxylic acids is 1. The van der Waals surface area contributed by atoms with Gasteiger partial charge in [-0.1, -0.05) is 19.1 Å². The van der Waals surface area contributed by atoms with Gasteiger partial charge in [-0.25, -0.2) is 4.39 Å². The Hall–Kier alpha value is -1.13. The van der Waals surface area contributed by atoms with Gasteiger partial charge in [0.15, 0.2) is 0 Å². The summed E-state index contributed by atoms with van der Waals surface area (Å²) in [6, 6.07) is 4.86. The zero-order chi connectivity index (χ0) is 12.8. The lowest BCUT2D eigenvalue weighted by atomic mass is 10.1. The Kier molecular flexibility index (Phi) is 7.55. The van der Waals surface area contributed by atoms with Crippen LogP contribution in [-0.2, 0) is 11.3 Å². The number of hydrogen-bond donors (Lipinski definition) is 2. The van der Waals surface area contributed by atoms with Crippen LogP contribution in [0.3, 0.4) is 0 Å². The van der Waals surface area contributed by atoms with Crippen LogP contribution >= 0.6 is 12.4 Å². The Morgan fingerprint density at radius 1 is 1.44 bits per heavy atom. The molecular weight excluding hydrogens is 255 g/mol. The molecule has 18 heavy (non-hydrogen) atoms. The lowest BCUT2D eigenvalue weighted by Crippen LogP contribution is -2.33. The van der Waals surface area contributed by atoms with Gasteiger partial charge in [0.2, 0.25) is 5.91 Å². The first-order valence-electron chi connectivity index (χ1n) is 5.72. The van der Waals surface area contributed by atoms with Crippen LogP contribution in [0.25, 0.3) is 0 Å². The summed E-state index contributed by atoms with van der Waals surface area (Å²) in [4.78, 5) is 11.6. The molecule has 0 aliphatic heterocycles. The number of carbonyl (C=O) groups is 1. The summed E-state index contributed by atoms with van der Waals surface area (Å²) in [7, 11) is 1.81. The third-order valence-corrected chi connectivity index (χ3v) is 2.65. The van der Waals surface area contributed by atoms with Gasteiger partial charge in [-0.2, -0.15) is 0 Å². The van der Waals surface area contributed by atoms with Crippen molar-refractivity contribution >= 4 is 18.3 Å². The van der Waals surface area contributed by atoms with Crippen LogP contribution in [0.15, 0.2) is 18.2 Å². The molecule has 0 fully saturated rings. The van der Waals surface area contributed by atoms with Gasteiger partial charge in [-0.05, 0) is 31.2 Å². The standard InChI is InChI=1S/C13H19FN2O.ClH/c1-9-6-11(4-5-12(9)14)8-16-13(17)10(2)7-15-3;/h4-6,10,15H,7-8H2,1-3H3,(H,16,17);1H. The highest BCUT2D eigenvalue weighted by molar-refractivity contribution is 5.85. The van der Waals surface area contributed by atoms with E-state index in [1.54, 1.807) is 19.1 Å². The molecule has 5 heteroatoms. The topological polar surface area (TPSA) is 41.1 Å². The minimum atomic E-state index is -0.219. The van der Waals surface area contributed by atoms with E-state index >= 15 is 0 Å². The van der Waals surface area contributed by atoms with Gasteiger partial charge in [-0.3, -0.25) is 4.79 Å². The minimum Gasteiger partial charge on any atom is -0.352 e. The molecule has 1 unspecified atom stereocenters. The summed E-state index contributed by atoms with van der Waals surface area (Å²) >= 11 is 0. The average molecular weight is 275 g/mol. The van der Waals surface area contributed by atoms with Crippen molar-refractivity contribution in [3.8, 4) is 0 Å². The molecule has 0 aliphatic carbocycles. The quantitative estimate of drug-likeness (QED) is 0.863. The molecule has 0 saturated carbocycles. The van der Waals surface area contributed by atoms with E-state index in [0.717, 1.165) is 5.56 Å². The van der Waals surface area contributed by atoms with Crippen molar-refractivity contribution in [1.82, 2.24) is 10.6 Å². The van der Waals surface area contributed by atoms with Crippen molar-refractivity contribution in [2.24, 2.45) is 5.92 Å². The number of rotatable bonds is 5. The maximum atomic E-state index is 13.0. The van der Waals surface area contributed by atoms with E-state index in [1.807, 2.05) is 14.0 Å². The molecule has 0 heterocycles. The Morgan fingerprint density at radius 3 is 2.67 bits per heavy atom. The summed E-state index contributed by atoms with van der Waals surface area (Å²) < 4.78 is 13.0. The van der Waals surface area contributed by atoms with Gasteiger partial charge < -0.3 is 10.6 Å². The molecule has 0 spiro atoms. The number of benzene rings is 1. The van der Waals surface area contributed by atoms with Crippen molar-refractivity contribution in [2.75, 3.05) is 13.6 Å². The van der Waals surface area contributed by atoms with Gasteiger partial charge >= 0.3 is 0 Å². The van der Waals surface area contributed by atoms with E-state index < -0.39 is 0 Å². The van der Waals surface area contributed by atoms with E-state index in [1.165, 1.54) is 6.07 Å². The van der Waals surface area contributed by atoms with Crippen LogP contribution in [-0.4, -0.2) is 19.5 Å². The molecule has 102 valence electrons. The van der Waals surface area contributed by atoms with Crippen LogP contribution in [0.5, 0.6) is 0 Å². The van der Waals surface area contributed by atoms with Crippen molar-refractivity contribution < 1.29 is 9.18 Å². The molecule has 0 aliphatic rings. The second-order valence-electron chi connectivity index (χ2n) is 4.26. The fourth-order valence-electron chi connectivity index (χ4n) is 1.58. The number of amides is 1. The van der Waals surface area contributed by atoms with E-state index in [9.17, 15) is 9.18 Å². The Bertz CT molecular complexity index is 399. The lowest BCUT2D eigenvalue weighted by Gasteiger charge is -2.11. The fourth-order valence-corrected chi connectivity index (χ4v) is 1.58. The number of halogens is 2. The monoisotopic (exact) mass is 274 g/mol. The average Bonchev–Trinajstić information content (AvgIpc) is 2.30. The molecule has 0 bridgehead atoms. The highest BCUT2D eigenvalue weighted by Gasteiger charge is 2.11. The molecule has 1 rings (SSSR count). The molecule has 1 atom stereocenters. The summed E-state index contributed by atoms with van der Waals surface area (Å²) in [5, 5.41) is 5.78. The maximum absolute atomic E-state index is 13.0. The second-order valence-corrected chi connectivity index (χ2v) is 4.26. The summed E-state index contributed by atoms with van der Waals surface area (Å²) in [6.45, 7) is 4.66. The first-order chi connectivity index (χ1) is 8.04. The highest BCUT2D eigenvalue weighted by atomic mass is 35.5. The third-order valence-electron chi connectivity index (χ3n) is 2.65. The molecule has 2 N–H and O–H groups in total. The third kappa shape index (κ3) is 5.02. The molecule has 1 aromatic carbocycles. The Morgan fingerprint density at radius 2 is 2.11 bits per heavy atom. The van der Waals surface area contributed by atoms with Gasteiger partial charge in [0.25, 0.3) is 0 Å². The number of aryl methyl sites for hydroxylation is 1. The smallest absolute Gasteiger partial charge is 0.224 e. The Labute approximate surface area is 114 Å². The lowest BCUT2D eigenvalue weighted by molar-refractivity contribution is -0.124. The van der Waals surface area contributed by atoms with Crippen LogP contribution in [0.2, 0.25) is 0 Å². The van der Waals surface area contributed by atoms with E-state index in [4.69, 9.17) is 0 Å². The zero-order valence-corrected chi connectivity index (χ0v) is 11.7. The van der Waals surface area contributed by atoms with Crippen molar-refractivity contribution in [3.63, 3.8) is 0 Å². The van der Waals surface area contributed by atoms with Crippen molar-refractivity contribution in [1.29, 1.82) is 0 Å². The Balaban J connectivity index is 0.00000289. The summed E-state index contributed by atoms with van der Waals surface area (Å²) in [6.07, 6.45) is 0. The second kappa shape index (κ2) is 8.06.